The van der Waals surface area contributed by atoms with Gasteiger partial charge in [-0.3, -0.25) is 0 Å². The second-order valence-electron chi connectivity index (χ2n) is 6.39. The summed E-state index contributed by atoms with van der Waals surface area (Å²) in [7, 11) is 0. The maximum Gasteiger partial charge on any atom is 0.410 e. The van der Waals surface area contributed by atoms with Gasteiger partial charge in [0, 0.05) is 34.7 Å². The number of hydrogen-bond donors (Lipinski definition) is 0. The quantitative estimate of drug-likeness (QED) is 0.736. The average Bonchev–Trinajstić information content (AvgIpc) is 2.72. The molecule has 21 heavy (non-hydrogen) atoms. The van der Waals surface area contributed by atoms with Gasteiger partial charge in [0.2, 0.25) is 0 Å². The molecule has 0 N–H and O–H groups in total. The van der Waals surface area contributed by atoms with Gasteiger partial charge in [0.25, 0.3) is 0 Å². The number of hydrogen-bond acceptors (Lipinski definition) is 2. The van der Waals surface area contributed by atoms with Crippen molar-refractivity contribution < 1.29 is 9.53 Å². The van der Waals surface area contributed by atoms with Crippen LogP contribution in [0.1, 0.15) is 26.5 Å². The molecule has 3 rings (SSSR count). The highest BCUT2D eigenvalue weighted by molar-refractivity contribution is 6.31. The van der Waals surface area contributed by atoms with E-state index in [1.165, 1.54) is 5.52 Å². The Morgan fingerprint density at radius 1 is 1.24 bits per heavy atom. The number of benzene rings is 1. The third-order valence-corrected chi connectivity index (χ3v) is 3.78. The van der Waals surface area contributed by atoms with Crippen molar-refractivity contribution in [2.75, 3.05) is 6.54 Å². The third-order valence-electron chi connectivity index (χ3n) is 3.55. The second kappa shape index (κ2) is 4.95. The van der Waals surface area contributed by atoms with E-state index in [4.69, 9.17) is 16.3 Å². The lowest BCUT2D eigenvalue weighted by Gasteiger charge is -2.31. The van der Waals surface area contributed by atoms with Gasteiger partial charge in [-0.1, -0.05) is 11.6 Å². The summed E-state index contributed by atoms with van der Waals surface area (Å²) in [5, 5.41) is 1.85. The molecule has 0 radical (unpaired) electrons. The summed E-state index contributed by atoms with van der Waals surface area (Å²) >= 11 is 6.04. The highest BCUT2D eigenvalue weighted by atomic mass is 35.5. The molecule has 0 aliphatic carbocycles. The van der Waals surface area contributed by atoms with Crippen LogP contribution in [0.4, 0.5) is 4.79 Å². The summed E-state index contributed by atoms with van der Waals surface area (Å²) in [6, 6.07) is 7.99. The lowest BCUT2D eigenvalue weighted by molar-refractivity contribution is 0.0200. The summed E-state index contributed by atoms with van der Waals surface area (Å²) in [5.41, 5.74) is 1.82. The van der Waals surface area contributed by atoms with Crippen LogP contribution in [0.5, 0.6) is 0 Å². The number of carbonyl (C=O) groups excluding carboxylic acids is 1. The van der Waals surface area contributed by atoms with E-state index in [0.717, 1.165) is 22.6 Å². The monoisotopic (exact) mass is 306 g/mol. The van der Waals surface area contributed by atoms with Crippen LogP contribution in [-0.4, -0.2) is 27.7 Å². The van der Waals surface area contributed by atoms with E-state index in [1.807, 2.05) is 39.0 Å². The van der Waals surface area contributed by atoms with E-state index >= 15 is 0 Å². The van der Waals surface area contributed by atoms with Gasteiger partial charge < -0.3 is 14.2 Å². The number of aromatic nitrogens is 1. The van der Waals surface area contributed by atoms with Crippen LogP contribution in [0.3, 0.4) is 0 Å². The van der Waals surface area contributed by atoms with Gasteiger partial charge in [0.05, 0.1) is 6.54 Å². The Morgan fingerprint density at radius 2 is 2.00 bits per heavy atom. The number of halogens is 1. The van der Waals surface area contributed by atoms with Gasteiger partial charge >= 0.3 is 6.09 Å². The molecule has 1 aliphatic rings. The van der Waals surface area contributed by atoms with Crippen molar-refractivity contribution in [1.29, 1.82) is 0 Å². The molecule has 112 valence electrons. The number of fused-ring (bicyclic) bond motifs is 3. The molecule has 1 amide bonds. The molecule has 1 aromatic heterocycles. The van der Waals surface area contributed by atoms with Crippen molar-refractivity contribution in [2.45, 2.75) is 39.5 Å². The number of amides is 1. The maximum atomic E-state index is 12.2. The largest absolute Gasteiger partial charge is 0.444 e. The van der Waals surface area contributed by atoms with Crippen LogP contribution in [0.25, 0.3) is 10.9 Å². The molecule has 0 bridgehead atoms. The van der Waals surface area contributed by atoms with Crippen LogP contribution >= 0.6 is 11.6 Å². The molecule has 5 heteroatoms. The first-order valence-electron chi connectivity index (χ1n) is 7.09. The predicted octanol–water partition coefficient (Wildman–Crippen LogP) is 4.05. The minimum atomic E-state index is -0.464. The zero-order valence-electron chi connectivity index (χ0n) is 12.5. The highest BCUT2D eigenvalue weighted by Crippen LogP contribution is 2.27. The topological polar surface area (TPSA) is 34.5 Å². The van der Waals surface area contributed by atoms with Gasteiger partial charge in [0.1, 0.15) is 5.60 Å². The van der Waals surface area contributed by atoms with Crippen LogP contribution in [-0.2, 0) is 17.8 Å². The first kappa shape index (κ1) is 14.3. The summed E-state index contributed by atoms with van der Waals surface area (Å²) < 4.78 is 7.68. The van der Waals surface area contributed by atoms with Crippen LogP contribution < -0.4 is 0 Å². The Hall–Kier alpha value is -1.68. The first-order valence-corrected chi connectivity index (χ1v) is 7.47. The fourth-order valence-electron chi connectivity index (χ4n) is 2.67. The molecule has 0 atom stereocenters. The van der Waals surface area contributed by atoms with Crippen molar-refractivity contribution >= 4 is 28.6 Å². The lowest BCUT2D eigenvalue weighted by atomic mass is 10.2. The Morgan fingerprint density at radius 3 is 2.71 bits per heavy atom. The Labute approximate surface area is 129 Å². The van der Waals surface area contributed by atoms with E-state index in [9.17, 15) is 4.79 Å². The second-order valence-corrected chi connectivity index (χ2v) is 6.83. The molecule has 2 heterocycles. The van der Waals surface area contributed by atoms with Crippen LogP contribution in [0.2, 0.25) is 5.02 Å². The number of rotatable bonds is 0. The van der Waals surface area contributed by atoms with Crippen LogP contribution in [0, 0.1) is 0 Å². The number of ether oxygens (including phenoxy) is 1. The Bertz CT molecular complexity index is 700. The van der Waals surface area contributed by atoms with Crippen molar-refractivity contribution in [2.24, 2.45) is 0 Å². The molecule has 1 aromatic carbocycles. The molecule has 0 saturated heterocycles. The van der Waals surface area contributed by atoms with Gasteiger partial charge in [-0.2, -0.15) is 0 Å². The molecular weight excluding hydrogens is 288 g/mol. The van der Waals surface area contributed by atoms with E-state index < -0.39 is 5.60 Å². The van der Waals surface area contributed by atoms with Gasteiger partial charge in [-0.05, 0) is 45.0 Å². The minimum Gasteiger partial charge on any atom is -0.444 e. The van der Waals surface area contributed by atoms with Crippen molar-refractivity contribution in [3.63, 3.8) is 0 Å². The van der Waals surface area contributed by atoms with Crippen molar-refractivity contribution in [1.82, 2.24) is 9.47 Å². The molecule has 0 saturated carbocycles. The van der Waals surface area contributed by atoms with E-state index in [1.54, 1.807) is 4.90 Å². The normalized spacial score (nSPS) is 15.1. The zero-order chi connectivity index (χ0) is 15.2. The molecule has 0 fully saturated rings. The zero-order valence-corrected chi connectivity index (χ0v) is 13.3. The third kappa shape index (κ3) is 2.86. The molecule has 2 aromatic rings. The van der Waals surface area contributed by atoms with E-state index in [-0.39, 0.29) is 6.09 Å². The summed E-state index contributed by atoms with van der Waals surface area (Å²) in [5.74, 6) is 0. The Kier molecular flexibility index (Phi) is 3.36. The molecular formula is C16H19ClN2O2. The number of carbonyl (C=O) groups is 1. The number of nitrogens with zero attached hydrogens (tertiary/aromatic N) is 2. The molecule has 1 aliphatic heterocycles. The standard InChI is InChI=1S/C16H19ClN2O2/c1-16(2,3)21-15(20)18-6-7-19-13(10-18)9-11-8-12(17)4-5-14(11)19/h4-5,8-9H,6-7,10H2,1-3H3. The summed E-state index contributed by atoms with van der Waals surface area (Å²) in [6.45, 7) is 7.66. The van der Waals surface area contributed by atoms with Gasteiger partial charge in [0.15, 0.2) is 0 Å². The van der Waals surface area contributed by atoms with E-state index in [2.05, 4.69) is 10.6 Å². The van der Waals surface area contributed by atoms with Crippen molar-refractivity contribution in [3.05, 3.63) is 35.0 Å². The van der Waals surface area contributed by atoms with E-state index in [0.29, 0.717) is 13.1 Å². The van der Waals surface area contributed by atoms with Crippen molar-refractivity contribution in [3.8, 4) is 0 Å². The summed E-state index contributed by atoms with van der Waals surface area (Å²) in [6.07, 6.45) is -0.253. The fourth-order valence-corrected chi connectivity index (χ4v) is 2.85. The Balaban J connectivity index is 1.86. The van der Waals surface area contributed by atoms with Gasteiger partial charge in [-0.25, -0.2) is 4.79 Å². The minimum absolute atomic E-state index is 0.253. The first-order chi connectivity index (χ1) is 9.83. The SMILES string of the molecule is CC(C)(C)OC(=O)N1CCn2c(cc3cc(Cl)ccc32)C1. The molecule has 0 unspecified atom stereocenters. The summed E-state index contributed by atoms with van der Waals surface area (Å²) in [4.78, 5) is 13.9. The maximum absolute atomic E-state index is 12.2. The van der Waals surface area contributed by atoms with Gasteiger partial charge in [-0.15, -0.1) is 0 Å². The predicted molar refractivity (Wildman–Crippen MR) is 83.6 cm³/mol. The highest BCUT2D eigenvalue weighted by Gasteiger charge is 2.26. The average molecular weight is 307 g/mol. The van der Waals surface area contributed by atoms with Crippen LogP contribution in [0.15, 0.2) is 24.3 Å². The lowest BCUT2D eigenvalue weighted by Crippen LogP contribution is -2.41. The fraction of sp³-hybridized carbons (Fsp3) is 0.438. The molecule has 4 nitrogen and oxygen atoms in total. The smallest absolute Gasteiger partial charge is 0.410 e. The molecule has 0 spiro atoms.